The number of rotatable bonds is 7. The molecule has 1 amide bonds. The van der Waals surface area contributed by atoms with E-state index in [0.717, 1.165) is 9.04 Å². The van der Waals surface area contributed by atoms with Crippen LogP contribution in [0.2, 0.25) is 0 Å². The normalized spacial score (nSPS) is 11.2. The maximum atomic E-state index is 12.3. The predicted octanol–water partition coefficient (Wildman–Crippen LogP) is 0.911. The number of hydrogen-bond acceptors (Lipinski definition) is 6. The van der Waals surface area contributed by atoms with E-state index in [1.807, 2.05) is 6.07 Å². The van der Waals surface area contributed by atoms with Crippen molar-refractivity contribution in [1.29, 1.82) is 0 Å². The Hall–Kier alpha value is -3.47. The van der Waals surface area contributed by atoms with Gasteiger partial charge in [0, 0.05) is 24.1 Å². The molecular weight excluding hydrogens is 456 g/mol. The van der Waals surface area contributed by atoms with Crippen molar-refractivity contribution < 1.29 is 9.53 Å². The summed E-state index contributed by atoms with van der Waals surface area (Å²) in [6, 6.07) is 5.39. The molecule has 156 valence electrons. The van der Waals surface area contributed by atoms with Crippen molar-refractivity contribution in [2.75, 3.05) is 6.61 Å². The fourth-order valence-electron chi connectivity index (χ4n) is 2.82. The monoisotopic (exact) mass is 474 g/mol. The number of amides is 1. The topological polar surface area (TPSA) is 113 Å². The number of aryl methyl sites for hydroxylation is 1. The SMILES string of the molecule is C=CCOc1ccc(Br)cc1/C=N/NC(=O)Cn1cnc2c(=O)n(C)c(=O)n(C)c21. The first-order chi connectivity index (χ1) is 14.3. The van der Waals surface area contributed by atoms with E-state index < -0.39 is 17.2 Å². The van der Waals surface area contributed by atoms with Crippen LogP contribution in [-0.2, 0) is 25.4 Å². The Morgan fingerprint density at radius 2 is 2.10 bits per heavy atom. The smallest absolute Gasteiger partial charge is 0.332 e. The fourth-order valence-corrected chi connectivity index (χ4v) is 3.20. The van der Waals surface area contributed by atoms with Crippen LogP contribution in [0.25, 0.3) is 11.2 Å². The van der Waals surface area contributed by atoms with E-state index in [-0.39, 0.29) is 17.7 Å². The van der Waals surface area contributed by atoms with Gasteiger partial charge in [-0.15, -0.1) is 0 Å². The molecular formula is C19H19BrN6O4. The zero-order valence-corrected chi connectivity index (χ0v) is 17.9. The fraction of sp³-hybridized carbons (Fsp3) is 0.211. The molecule has 0 atom stereocenters. The van der Waals surface area contributed by atoms with Gasteiger partial charge in [0.1, 0.15) is 24.5 Å². The highest BCUT2D eigenvalue weighted by molar-refractivity contribution is 9.10. The number of carbonyl (C=O) groups excluding carboxylic acids is 1. The predicted molar refractivity (Wildman–Crippen MR) is 116 cm³/mol. The first-order valence-corrected chi connectivity index (χ1v) is 9.58. The Bertz CT molecular complexity index is 1270. The molecule has 0 bridgehead atoms. The number of halogens is 1. The van der Waals surface area contributed by atoms with Crippen LogP contribution < -0.4 is 21.4 Å². The molecule has 0 aliphatic rings. The zero-order valence-electron chi connectivity index (χ0n) is 16.3. The van der Waals surface area contributed by atoms with Gasteiger partial charge in [-0.2, -0.15) is 5.10 Å². The molecule has 3 aromatic rings. The van der Waals surface area contributed by atoms with Crippen LogP contribution in [0.3, 0.4) is 0 Å². The summed E-state index contributed by atoms with van der Waals surface area (Å²) < 4.78 is 10.0. The number of nitrogens with one attached hydrogen (secondary N) is 1. The zero-order chi connectivity index (χ0) is 21.8. The molecule has 0 aliphatic heterocycles. The van der Waals surface area contributed by atoms with Gasteiger partial charge in [-0.3, -0.25) is 18.7 Å². The number of fused-ring (bicyclic) bond motifs is 1. The van der Waals surface area contributed by atoms with Crippen LogP contribution in [0.1, 0.15) is 5.56 Å². The minimum absolute atomic E-state index is 0.106. The molecule has 1 aromatic carbocycles. The molecule has 0 unspecified atom stereocenters. The van der Waals surface area contributed by atoms with E-state index in [0.29, 0.717) is 17.9 Å². The third kappa shape index (κ3) is 4.25. The van der Waals surface area contributed by atoms with Gasteiger partial charge in [0.25, 0.3) is 11.5 Å². The molecule has 1 N–H and O–H groups in total. The largest absolute Gasteiger partial charge is 0.489 e. The molecule has 3 rings (SSSR count). The van der Waals surface area contributed by atoms with Crippen molar-refractivity contribution in [3.63, 3.8) is 0 Å². The minimum Gasteiger partial charge on any atom is -0.489 e. The summed E-state index contributed by atoms with van der Waals surface area (Å²) in [5, 5.41) is 3.96. The highest BCUT2D eigenvalue weighted by atomic mass is 79.9. The van der Waals surface area contributed by atoms with Crippen molar-refractivity contribution in [3.8, 4) is 5.75 Å². The van der Waals surface area contributed by atoms with E-state index in [4.69, 9.17) is 4.74 Å². The highest BCUT2D eigenvalue weighted by Crippen LogP contribution is 2.21. The Labute approximate surface area is 179 Å². The van der Waals surface area contributed by atoms with Gasteiger partial charge < -0.3 is 9.30 Å². The van der Waals surface area contributed by atoms with Crippen LogP contribution >= 0.6 is 15.9 Å². The van der Waals surface area contributed by atoms with Gasteiger partial charge in [-0.05, 0) is 18.2 Å². The van der Waals surface area contributed by atoms with Crippen molar-refractivity contribution in [2.45, 2.75) is 6.54 Å². The number of imidazole rings is 1. The minimum atomic E-state index is -0.521. The van der Waals surface area contributed by atoms with E-state index in [1.165, 1.54) is 35.8 Å². The van der Waals surface area contributed by atoms with E-state index in [1.54, 1.807) is 18.2 Å². The number of benzene rings is 1. The average molecular weight is 475 g/mol. The molecule has 30 heavy (non-hydrogen) atoms. The molecule has 0 saturated carbocycles. The van der Waals surface area contributed by atoms with Crippen LogP contribution in [0.5, 0.6) is 5.75 Å². The molecule has 11 heteroatoms. The van der Waals surface area contributed by atoms with Crippen LogP contribution in [0.4, 0.5) is 0 Å². The first kappa shape index (κ1) is 21.2. The Kier molecular flexibility index (Phi) is 6.31. The van der Waals surface area contributed by atoms with Crippen LogP contribution in [0, 0.1) is 0 Å². The van der Waals surface area contributed by atoms with Gasteiger partial charge >= 0.3 is 5.69 Å². The molecule has 10 nitrogen and oxygen atoms in total. The molecule has 2 heterocycles. The molecule has 0 fully saturated rings. The molecule has 0 saturated heterocycles. The number of hydrogen-bond donors (Lipinski definition) is 1. The lowest BCUT2D eigenvalue weighted by atomic mass is 10.2. The Balaban J connectivity index is 1.78. The van der Waals surface area contributed by atoms with E-state index >= 15 is 0 Å². The van der Waals surface area contributed by atoms with Crippen molar-refractivity contribution in [1.82, 2.24) is 24.1 Å². The lowest BCUT2D eigenvalue weighted by Crippen LogP contribution is -2.37. The van der Waals surface area contributed by atoms with Crippen molar-refractivity contribution in [2.24, 2.45) is 19.2 Å². The average Bonchev–Trinajstić information content (AvgIpc) is 3.13. The maximum Gasteiger partial charge on any atom is 0.332 e. The summed E-state index contributed by atoms with van der Waals surface area (Å²) in [6.45, 7) is 3.77. The lowest BCUT2D eigenvalue weighted by molar-refractivity contribution is -0.121. The van der Waals surface area contributed by atoms with Crippen LogP contribution in [-0.4, -0.2) is 37.4 Å². The summed E-state index contributed by atoms with van der Waals surface area (Å²) in [5.41, 5.74) is 2.41. The molecule has 2 aromatic heterocycles. The summed E-state index contributed by atoms with van der Waals surface area (Å²) in [4.78, 5) is 40.7. The molecule has 0 radical (unpaired) electrons. The molecule has 0 aliphatic carbocycles. The second-order valence-electron chi connectivity index (χ2n) is 6.33. The third-order valence-electron chi connectivity index (χ3n) is 4.24. The van der Waals surface area contributed by atoms with E-state index in [9.17, 15) is 14.4 Å². The Morgan fingerprint density at radius 3 is 2.83 bits per heavy atom. The van der Waals surface area contributed by atoms with Gasteiger partial charge in [0.15, 0.2) is 5.52 Å². The van der Waals surface area contributed by atoms with Gasteiger partial charge in [0.2, 0.25) is 0 Å². The lowest BCUT2D eigenvalue weighted by Gasteiger charge is -2.08. The van der Waals surface area contributed by atoms with Gasteiger partial charge in [0.05, 0.1) is 12.5 Å². The standard InChI is InChI=1S/C19H19BrN6O4/c1-4-7-30-14-6-5-13(20)8-12(14)9-22-23-15(27)10-26-11-21-16-17(26)24(2)19(29)25(3)18(16)28/h4-6,8-9,11H,1,7,10H2,2-3H3,(H,23,27)/b22-9+. The first-order valence-electron chi connectivity index (χ1n) is 8.79. The number of ether oxygens (including phenoxy) is 1. The van der Waals surface area contributed by atoms with Crippen LogP contribution in [0.15, 0.2) is 56.3 Å². The number of hydrazone groups is 1. The third-order valence-corrected chi connectivity index (χ3v) is 4.74. The number of nitrogens with zero attached hydrogens (tertiary/aromatic N) is 5. The second kappa shape index (κ2) is 8.91. The summed E-state index contributed by atoms with van der Waals surface area (Å²) in [6.07, 6.45) is 4.42. The molecule has 0 spiro atoms. The highest BCUT2D eigenvalue weighted by Gasteiger charge is 2.15. The quantitative estimate of drug-likeness (QED) is 0.310. The van der Waals surface area contributed by atoms with E-state index in [2.05, 4.69) is 38.0 Å². The number of carbonyl (C=O) groups is 1. The van der Waals surface area contributed by atoms with Crippen molar-refractivity contribution in [3.05, 3.63) is 68.1 Å². The Morgan fingerprint density at radius 1 is 1.33 bits per heavy atom. The second-order valence-corrected chi connectivity index (χ2v) is 7.24. The van der Waals surface area contributed by atoms with Crippen molar-refractivity contribution >= 4 is 39.2 Å². The maximum absolute atomic E-state index is 12.3. The number of aromatic nitrogens is 4. The van der Waals surface area contributed by atoms with Gasteiger partial charge in [-0.1, -0.05) is 28.6 Å². The summed E-state index contributed by atoms with van der Waals surface area (Å²) in [7, 11) is 2.88. The van der Waals surface area contributed by atoms with Gasteiger partial charge in [-0.25, -0.2) is 15.2 Å². The summed E-state index contributed by atoms with van der Waals surface area (Å²) in [5.74, 6) is 0.129. The summed E-state index contributed by atoms with van der Waals surface area (Å²) >= 11 is 3.38.